The van der Waals surface area contributed by atoms with Crippen molar-refractivity contribution in [1.82, 2.24) is 4.90 Å². The Kier molecular flexibility index (Phi) is 6.20. The highest BCUT2D eigenvalue weighted by atomic mass is 19.4. The van der Waals surface area contributed by atoms with Crippen molar-refractivity contribution >= 4 is 12.0 Å². The molecular formula is C14H16F3NO3. The molecule has 0 saturated carbocycles. The van der Waals surface area contributed by atoms with Crippen LogP contribution in [0.1, 0.15) is 18.4 Å². The topological polar surface area (TPSA) is 46.6 Å². The van der Waals surface area contributed by atoms with Crippen LogP contribution in [-0.2, 0) is 16.0 Å². The number of hydrogen-bond acceptors (Lipinski definition) is 3. The van der Waals surface area contributed by atoms with Crippen LogP contribution in [0.3, 0.4) is 0 Å². The fraction of sp³-hybridized carbons (Fsp3) is 0.429. The lowest BCUT2D eigenvalue weighted by Crippen LogP contribution is -2.38. The van der Waals surface area contributed by atoms with E-state index in [1.54, 1.807) is 24.3 Å². The minimum Gasteiger partial charge on any atom is -0.452 e. The molecule has 0 atom stereocenters. The second-order valence-corrected chi connectivity index (χ2v) is 4.37. The van der Waals surface area contributed by atoms with Crippen molar-refractivity contribution in [3.05, 3.63) is 35.9 Å². The fourth-order valence-corrected chi connectivity index (χ4v) is 1.70. The zero-order chi connectivity index (χ0) is 15.9. The van der Waals surface area contributed by atoms with Gasteiger partial charge in [-0.15, -0.1) is 0 Å². The third-order valence-electron chi connectivity index (χ3n) is 2.79. The number of ether oxygens (including phenoxy) is 1. The molecule has 2 amide bonds. The Morgan fingerprint density at radius 1 is 1.19 bits per heavy atom. The van der Waals surface area contributed by atoms with E-state index in [-0.39, 0.29) is 6.54 Å². The van der Waals surface area contributed by atoms with Gasteiger partial charge < -0.3 is 4.74 Å². The third-order valence-corrected chi connectivity index (χ3v) is 2.79. The molecule has 0 fully saturated rings. The maximum atomic E-state index is 12.1. The van der Waals surface area contributed by atoms with Crippen molar-refractivity contribution in [3.63, 3.8) is 0 Å². The molecule has 1 aromatic rings. The number of nitrogens with zero attached hydrogens (tertiary/aromatic N) is 1. The van der Waals surface area contributed by atoms with Gasteiger partial charge in [-0.1, -0.05) is 30.3 Å². The molecule has 7 heteroatoms. The fourth-order valence-electron chi connectivity index (χ4n) is 1.70. The predicted octanol–water partition coefficient (Wildman–Crippen LogP) is 3.17. The molecule has 0 aliphatic heterocycles. The Bertz CT molecular complexity index is 474. The average molecular weight is 303 g/mol. The van der Waals surface area contributed by atoms with Gasteiger partial charge in [-0.25, -0.2) is 9.69 Å². The minimum atomic E-state index is -4.43. The molecular weight excluding hydrogens is 287 g/mol. The molecule has 0 aliphatic rings. The van der Waals surface area contributed by atoms with Gasteiger partial charge in [-0.3, -0.25) is 4.79 Å². The Balaban J connectivity index is 2.63. The summed E-state index contributed by atoms with van der Waals surface area (Å²) < 4.78 is 40.8. The Morgan fingerprint density at radius 3 is 2.33 bits per heavy atom. The quantitative estimate of drug-likeness (QED) is 0.839. The number of hydrogen-bond donors (Lipinski definition) is 0. The number of amides is 2. The van der Waals surface area contributed by atoms with E-state index < -0.39 is 31.0 Å². The first kappa shape index (κ1) is 17.0. The molecule has 0 bridgehead atoms. The molecule has 0 spiro atoms. The second-order valence-electron chi connectivity index (χ2n) is 4.37. The van der Waals surface area contributed by atoms with Gasteiger partial charge in [0.1, 0.15) is 0 Å². The van der Waals surface area contributed by atoms with Crippen LogP contribution in [0.2, 0.25) is 0 Å². The smallest absolute Gasteiger partial charge is 0.416 e. The number of benzene rings is 1. The highest BCUT2D eigenvalue weighted by Gasteiger charge is 2.30. The van der Waals surface area contributed by atoms with Crippen LogP contribution >= 0.6 is 0 Å². The highest BCUT2D eigenvalue weighted by molar-refractivity contribution is 5.91. The van der Waals surface area contributed by atoms with Gasteiger partial charge in [-0.05, 0) is 12.0 Å². The first-order valence-electron chi connectivity index (χ1n) is 6.32. The SMILES string of the molecule is COC(=O)N(CCc1ccccc1)C(=O)CCC(F)(F)F. The van der Waals surface area contributed by atoms with Crippen LogP contribution in [0, 0.1) is 0 Å². The van der Waals surface area contributed by atoms with E-state index in [1.165, 1.54) is 0 Å². The van der Waals surface area contributed by atoms with E-state index >= 15 is 0 Å². The summed E-state index contributed by atoms with van der Waals surface area (Å²) in [5.41, 5.74) is 0.870. The van der Waals surface area contributed by atoms with Crippen molar-refractivity contribution in [3.8, 4) is 0 Å². The van der Waals surface area contributed by atoms with Gasteiger partial charge >= 0.3 is 12.3 Å². The van der Waals surface area contributed by atoms with Gasteiger partial charge in [0.25, 0.3) is 0 Å². The van der Waals surface area contributed by atoms with E-state index in [0.29, 0.717) is 11.3 Å². The zero-order valence-electron chi connectivity index (χ0n) is 11.5. The zero-order valence-corrected chi connectivity index (χ0v) is 11.5. The van der Waals surface area contributed by atoms with Crippen LogP contribution < -0.4 is 0 Å². The van der Waals surface area contributed by atoms with Crippen LogP contribution in [0.4, 0.5) is 18.0 Å². The molecule has 0 saturated heterocycles. The molecule has 1 rings (SSSR count). The van der Waals surface area contributed by atoms with Crippen LogP contribution in [0.15, 0.2) is 30.3 Å². The van der Waals surface area contributed by atoms with E-state index in [9.17, 15) is 22.8 Å². The van der Waals surface area contributed by atoms with Crippen molar-refractivity contribution in [2.45, 2.75) is 25.4 Å². The molecule has 116 valence electrons. The number of alkyl halides is 3. The second kappa shape index (κ2) is 7.66. The summed E-state index contributed by atoms with van der Waals surface area (Å²) in [5.74, 6) is -0.893. The van der Waals surface area contributed by atoms with Crippen molar-refractivity contribution in [1.29, 1.82) is 0 Å². The van der Waals surface area contributed by atoms with E-state index in [4.69, 9.17) is 0 Å². The molecule has 4 nitrogen and oxygen atoms in total. The number of methoxy groups -OCH3 is 1. The number of imide groups is 1. The summed E-state index contributed by atoms with van der Waals surface area (Å²) in [6, 6.07) is 9.01. The first-order valence-corrected chi connectivity index (χ1v) is 6.32. The molecule has 0 aromatic heterocycles. The van der Waals surface area contributed by atoms with Crippen LogP contribution in [0.25, 0.3) is 0 Å². The van der Waals surface area contributed by atoms with Gasteiger partial charge in [0.15, 0.2) is 0 Å². The lowest BCUT2D eigenvalue weighted by atomic mass is 10.1. The van der Waals surface area contributed by atoms with E-state index in [1.807, 2.05) is 6.07 Å². The van der Waals surface area contributed by atoms with Gasteiger partial charge in [-0.2, -0.15) is 13.2 Å². The molecule has 0 unspecified atom stereocenters. The summed E-state index contributed by atoms with van der Waals surface area (Å²) >= 11 is 0. The summed E-state index contributed by atoms with van der Waals surface area (Å²) in [6.07, 6.45) is -7.05. The molecule has 0 heterocycles. The van der Waals surface area contributed by atoms with Gasteiger partial charge in [0.05, 0.1) is 13.5 Å². The number of rotatable bonds is 5. The van der Waals surface area contributed by atoms with Gasteiger partial charge in [0.2, 0.25) is 5.91 Å². The molecule has 21 heavy (non-hydrogen) atoms. The average Bonchev–Trinajstić information content (AvgIpc) is 2.45. The van der Waals surface area contributed by atoms with Crippen molar-refractivity contribution in [2.24, 2.45) is 0 Å². The predicted molar refractivity (Wildman–Crippen MR) is 69.6 cm³/mol. The Hall–Kier alpha value is -2.05. The molecule has 1 aromatic carbocycles. The number of carbonyl (C=O) groups is 2. The van der Waals surface area contributed by atoms with Crippen LogP contribution in [0.5, 0.6) is 0 Å². The number of carbonyl (C=O) groups excluding carboxylic acids is 2. The Labute approximate surface area is 120 Å². The van der Waals surface area contributed by atoms with E-state index in [0.717, 1.165) is 12.7 Å². The normalized spacial score (nSPS) is 11.0. The largest absolute Gasteiger partial charge is 0.452 e. The minimum absolute atomic E-state index is 0.0205. The molecule has 0 N–H and O–H groups in total. The summed E-state index contributed by atoms with van der Waals surface area (Å²) in [6.45, 7) is -0.0205. The molecule has 0 aliphatic carbocycles. The monoisotopic (exact) mass is 303 g/mol. The Morgan fingerprint density at radius 2 is 1.81 bits per heavy atom. The standard InChI is InChI=1S/C14H16F3NO3/c1-21-13(20)18(12(19)7-9-14(15,16)17)10-8-11-5-3-2-4-6-11/h2-6H,7-10H2,1H3. The lowest BCUT2D eigenvalue weighted by Gasteiger charge is -2.19. The first-order chi connectivity index (χ1) is 9.83. The summed E-state index contributed by atoms with van der Waals surface area (Å²) in [7, 11) is 1.08. The van der Waals surface area contributed by atoms with Gasteiger partial charge in [0, 0.05) is 13.0 Å². The molecule has 0 radical (unpaired) electrons. The summed E-state index contributed by atoms with van der Waals surface area (Å²) in [5, 5.41) is 0. The lowest BCUT2D eigenvalue weighted by molar-refractivity contribution is -0.148. The van der Waals surface area contributed by atoms with Crippen LogP contribution in [-0.4, -0.2) is 36.7 Å². The maximum absolute atomic E-state index is 12.1. The maximum Gasteiger partial charge on any atom is 0.416 e. The van der Waals surface area contributed by atoms with E-state index in [2.05, 4.69) is 4.74 Å². The highest BCUT2D eigenvalue weighted by Crippen LogP contribution is 2.22. The van der Waals surface area contributed by atoms with Crippen molar-refractivity contribution in [2.75, 3.05) is 13.7 Å². The number of halogens is 3. The third kappa shape index (κ3) is 6.29. The van der Waals surface area contributed by atoms with Crippen molar-refractivity contribution < 1.29 is 27.5 Å². The summed E-state index contributed by atoms with van der Waals surface area (Å²) in [4.78, 5) is 23.9.